The third-order valence-electron chi connectivity index (χ3n) is 4.53. The van der Waals surface area contributed by atoms with E-state index < -0.39 is 22.0 Å². The molecule has 0 bridgehead atoms. The molecule has 1 unspecified atom stereocenters. The average Bonchev–Trinajstić information content (AvgIpc) is 2.89. The van der Waals surface area contributed by atoms with Crippen molar-refractivity contribution >= 4 is 21.7 Å². The van der Waals surface area contributed by atoms with Crippen molar-refractivity contribution in [3.63, 3.8) is 0 Å². The number of carbonyl (C=O) groups excluding carboxylic acids is 2. The van der Waals surface area contributed by atoms with E-state index in [-0.39, 0.29) is 31.0 Å². The van der Waals surface area contributed by atoms with Crippen molar-refractivity contribution in [3.05, 3.63) is 22.6 Å². The van der Waals surface area contributed by atoms with E-state index in [1.54, 1.807) is 6.92 Å². The van der Waals surface area contributed by atoms with Gasteiger partial charge in [0.15, 0.2) is 5.78 Å². The van der Waals surface area contributed by atoms with Crippen molar-refractivity contribution in [2.45, 2.75) is 32.3 Å². The number of aryl methyl sites for hydroxylation is 2. The molecule has 0 aromatic carbocycles. The lowest BCUT2D eigenvalue weighted by Crippen LogP contribution is -2.49. The Labute approximate surface area is 146 Å². The first-order chi connectivity index (χ1) is 11.8. The Hall–Kier alpha value is -1.71. The first kappa shape index (κ1) is 18.1. The van der Waals surface area contributed by atoms with Gasteiger partial charge < -0.3 is 14.5 Å². The summed E-state index contributed by atoms with van der Waals surface area (Å²) in [6.45, 7) is 2.63. The first-order valence-corrected chi connectivity index (χ1v) is 10.1. The lowest BCUT2D eigenvalue weighted by Gasteiger charge is -2.31. The number of hydrogen-bond acceptors (Lipinski definition) is 6. The Morgan fingerprint density at radius 3 is 2.84 bits per heavy atom. The minimum absolute atomic E-state index is 0.0691. The van der Waals surface area contributed by atoms with E-state index in [1.807, 2.05) is 0 Å². The fourth-order valence-electron chi connectivity index (χ4n) is 3.29. The van der Waals surface area contributed by atoms with Gasteiger partial charge in [-0.25, -0.2) is 8.42 Å². The van der Waals surface area contributed by atoms with E-state index in [1.165, 1.54) is 4.31 Å². The largest absolute Gasteiger partial charge is 0.465 e. The van der Waals surface area contributed by atoms with Gasteiger partial charge in [-0.05, 0) is 13.3 Å². The van der Waals surface area contributed by atoms with Crippen molar-refractivity contribution < 1.29 is 27.2 Å². The van der Waals surface area contributed by atoms with Crippen molar-refractivity contribution in [2.75, 3.05) is 32.5 Å². The zero-order valence-corrected chi connectivity index (χ0v) is 15.1. The summed E-state index contributed by atoms with van der Waals surface area (Å²) in [5.74, 6) is 0.550. The van der Waals surface area contributed by atoms with Gasteiger partial charge in [0.05, 0.1) is 30.1 Å². The number of amides is 1. The molecule has 1 saturated heterocycles. The van der Waals surface area contributed by atoms with Gasteiger partial charge in [-0.15, -0.1) is 0 Å². The van der Waals surface area contributed by atoms with Crippen LogP contribution < -0.4 is 5.32 Å². The van der Waals surface area contributed by atoms with Crippen LogP contribution in [-0.2, 0) is 21.2 Å². The number of carbonyl (C=O) groups is 2. The number of ketones is 1. The smallest absolute Gasteiger partial charge is 0.255 e. The highest BCUT2D eigenvalue weighted by Crippen LogP contribution is 2.29. The summed E-state index contributed by atoms with van der Waals surface area (Å²) in [5.41, 5.74) is 0.680. The number of morpholine rings is 1. The molecule has 1 atom stereocenters. The van der Waals surface area contributed by atoms with E-state index in [2.05, 4.69) is 5.32 Å². The molecular formula is C16H22N2O6S. The maximum atomic E-state index is 12.6. The van der Waals surface area contributed by atoms with Gasteiger partial charge in [-0.2, -0.15) is 4.31 Å². The second kappa shape index (κ2) is 6.89. The van der Waals surface area contributed by atoms with Crippen molar-refractivity contribution in [2.24, 2.45) is 0 Å². The molecule has 1 aromatic rings. The number of furan rings is 1. The van der Waals surface area contributed by atoms with Crippen LogP contribution >= 0.6 is 0 Å². The molecule has 25 heavy (non-hydrogen) atoms. The minimum atomic E-state index is -3.29. The molecule has 138 valence electrons. The van der Waals surface area contributed by atoms with Crippen LogP contribution in [0, 0.1) is 6.92 Å². The molecular weight excluding hydrogens is 348 g/mol. The summed E-state index contributed by atoms with van der Waals surface area (Å²) in [6.07, 6.45) is 2.54. The monoisotopic (exact) mass is 370 g/mol. The molecule has 0 spiro atoms. The van der Waals surface area contributed by atoms with Crippen LogP contribution in [0.1, 0.15) is 45.1 Å². The van der Waals surface area contributed by atoms with Crippen LogP contribution in [0.15, 0.2) is 4.42 Å². The zero-order chi connectivity index (χ0) is 18.2. The Balaban J connectivity index is 1.68. The molecule has 2 heterocycles. The summed E-state index contributed by atoms with van der Waals surface area (Å²) < 4.78 is 35.7. The van der Waals surface area contributed by atoms with Crippen molar-refractivity contribution in [3.8, 4) is 0 Å². The van der Waals surface area contributed by atoms with Gasteiger partial charge in [0.2, 0.25) is 10.0 Å². The molecule has 3 rings (SSSR count). The fourth-order valence-corrected chi connectivity index (χ4v) is 4.14. The maximum Gasteiger partial charge on any atom is 0.255 e. The number of nitrogens with one attached hydrogen (secondary N) is 1. The highest BCUT2D eigenvalue weighted by Gasteiger charge is 2.31. The minimum Gasteiger partial charge on any atom is -0.465 e. The van der Waals surface area contributed by atoms with Gasteiger partial charge in [0.25, 0.3) is 5.91 Å². The van der Waals surface area contributed by atoms with E-state index in [9.17, 15) is 18.0 Å². The zero-order valence-electron chi connectivity index (χ0n) is 14.3. The third-order valence-corrected chi connectivity index (χ3v) is 5.80. The molecule has 0 saturated carbocycles. The van der Waals surface area contributed by atoms with Crippen molar-refractivity contribution in [1.82, 2.24) is 9.62 Å². The predicted molar refractivity (Wildman–Crippen MR) is 89.2 cm³/mol. The lowest BCUT2D eigenvalue weighted by molar-refractivity contribution is 0.000426. The van der Waals surface area contributed by atoms with Crippen molar-refractivity contribution in [1.29, 1.82) is 0 Å². The summed E-state index contributed by atoms with van der Waals surface area (Å²) in [5, 5.41) is 2.74. The van der Waals surface area contributed by atoms with Crippen LogP contribution in [0.3, 0.4) is 0 Å². The van der Waals surface area contributed by atoms with E-state index in [0.717, 1.165) is 12.7 Å². The highest BCUT2D eigenvalue weighted by molar-refractivity contribution is 7.88. The molecule has 1 aliphatic carbocycles. The Bertz CT molecular complexity index is 798. The molecule has 1 N–H and O–H groups in total. The standard InChI is InChI=1S/C16H22N2O6S/c1-10-14(15-12(19)4-3-5-13(15)24-10)16(20)17-8-11-9-18(6-7-23-11)25(2,21)22/h11H,3-9H2,1-2H3,(H,17,20). The molecule has 9 heteroatoms. The summed E-state index contributed by atoms with van der Waals surface area (Å²) in [4.78, 5) is 24.7. The average molecular weight is 370 g/mol. The van der Waals surface area contributed by atoms with Crippen LogP contribution in [0.4, 0.5) is 0 Å². The Morgan fingerprint density at radius 1 is 1.36 bits per heavy atom. The normalized spacial score (nSPS) is 21.8. The number of ether oxygens (including phenoxy) is 1. The van der Waals surface area contributed by atoms with E-state index >= 15 is 0 Å². The van der Waals surface area contributed by atoms with E-state index in [4.69, 9.17) is 9.15 Å². The quantitative estimate of drug-likeness (QED) is 0.827. The van der Waals surface area contributed by atoms with Gasteiger partial charge in [-0.3, -0.25) is 9.59 Å². The second-order valence-electron chi connectivity index (χ2n) is 6.43. The van der Waals surface area contributed by atoms with Gasteiger partial charge in [0.1, 0.15) is 11.5 Å². The number of fused-ring (bicyclic) bond motifs is 1. The fraction of sp³-hybridized carbons (Fsp3) is 0.625. The van der Waals surface area contributed by atoms with Gasteiger partial charge in [-0.1, -0.05) is 0 Å². The lowest BCUT2D eigenvalue weighted by atomic mass is 9.93. The van der Waals surface area contributed by atoms with Gasteiger partial charge >= 0.3 is 0 Å². The Kier molecular flexibility index (Phi) is 4.99. The molecule has 1 fully saturated rings. The van der Waals surface area contributed by atoms with Crippen LogP contribution in [0.2, 0.25) is 0 Å². The molecule has 1 aromatic heterocycles. The number of rotatable bonds is 4. The first-order valence-electron chi connectivity index (χ1n) is 8.27. The van der Waals surface area contributed by atoms with Crippen LogP contribution in [-0.4, -0.2) is 63.0 Å². The number of hydrogen-bond donors (Lipinski definition) is 1. The van der Waals surface area contributed by atoms with Crippen LogP contribution in [0.5, 0.6) is 0 Å². The van der Waals surface area contributed by atoms with Gasteiger partial charge in [0, 0.05) is 32.5 Å². The SMILES string of the molecule is Cc1oc2c(c1C(=O)NCC1CN(S(C)(=O)=O)CCO1)C(=O)CCC2. The predicted octanol–water partition coefficient (Wildman–Crippen LogP) is 0.497. The summed E-state index contributed by atoms with van der Waals surface area (Å²) >= 11 is 0. The van der Waals surface area contributed by atoms with Crippen LogP contribution in [0.25, 0.3) is 0 Å². The number of nitrogens with zero attached hydrogens (tertiary/aromatic N) is 1. The highest BCUT2D eigenvalue weighted by atomic mass is 32.2. The molecule has 0 radical (unpaired) electrons. The topological polar surface area (TPSA) is 106 Å². The number of sulfonamides is 1. The summed E-state index contributed by atoms with van der Waals surface area (Å²) in [7, 11) is -3.29. The molecule has 2 aliphatic rings. The maximum absolute atomic E-state index is 12.6. The second-order valence-corrected chi connectivity index (χ2v) is 8.41. The summed E-state index contributed by atoms with van der Waals surface area (Å²) in [6, 6.07) is 0. The molecule has 8 nitrogen and oxygen atoms in total. The van der Waals surface area contributed by atoms with E-state index in [0.29, 0.717) is 36.5 Å². The Morgan fingerprint density at radius 2 is 2.12 bits per heavy atom. The number of Topliss-reactive ketones (excluding diaryl/α,β-unsaturated/α-hetero) is 1. The molecule has 1 aliphatic heterocycles. The molecule has 1 amide bonds. The third kappa shape index (κ3) is 3.78.